The Labute approximate surface area is 300 Å². The maximum atomic E-state index is 4.59. The van der Waals surface area contributed by atoms with Crippen LogP contribution >= 0.6 is 11.3 Å². The number of hydrogen-bond donors (Lipinski definition) is 0. The largest absolute Gasteiger partial charge is 0.317 e. The molecule has 0 saturated carbocycles. The van der Waals surface area contributed by atoms with E-state index in [4.69, 9.17) is 0 Å². The topological polar surface area (TPSA) is 8.17 Å². The van der Waals surface area contributed by atoms with Crippen LogP contribution in [0.2, 0.25) is 0 Å². The molecular formula is C48H32N2S. The van der Waals surface area contributed by atoms with Crippen LogP contribution in [0, 0.1) is 0 Å². The summed E-state index contributed by atoms with van der Waals surface area (Å²) in [6, 6.07) is 59.0. The van der Waals surface area contributed by atoms with Gasteiger partial charge in [-0.3, -0.25) is 0 Å². The number of thiophene rings is 1. The third kappa shape index (κ3) is 4.85. The van der Waals surface area contributed by atoms with E-state index in [9.17, 15) is 0 Å². The number of benzene rings is 7. The first kappa shape index (κ1) is 29.5. The van der Waals surface area contributed by atoms with Crippen molar-refractivity contribution in [2.75, 3.05) is 4.90 Å². The molecule has 10 rings (SSSR count). The molecule has 0 atom stereocenters. The van der Waals surface area contributed by atoms with Crippen molar-refractivity contribution in [3.05, 3.63) is 200 Å². The lowest BCUT2D eigenvalue weighted by Crippen LogP contribution is -2.11. The number of anilines is 2. The van der Waals surface area contributed by atoms with Gasteiger partial charge >= 0.3 is 0 Å². The van der Waals surface area contributed by atoms with Crippen molar-refractivity contribution >= 4 is 75.8 Å². The fraction of sp³-hybridized carbons (Fsp3) is 0. The van der Waals surface area contributed by atoms with Gasteiger partial charge in [-0.15, -0.1) is 11.3 Å². The summed E-state index contributed by atoms with van der Waals surface area (Å²) >= 11 is 1.88. The molecule has 3 heteroatoms. The number of allylic oxidation sites excluding steroid dienone is 4. The molecule has 0 N–H and O–H groups in total. The number of aromatic nitrogens is 1. The van der Waals surface area contributed by atoms with Crippen molar-refractivity contribution < 1.29 is 0 Å². The van der Waals surface area contributed by atoms with E-state index in [1.54, 1.807) is 0 Å². The van der Waals surface area contributed by atoms with E-state index < -0.39 is 0 Å². The Morgan fingerprint density at radius 1 is 0.510 bits per heavy atom. The van der Waals surface area contributed by atoms with Crippen molar-refractivity contribution in [3.8, 4) is 16.8 Å². The van der Waals surface area contributed by atoms with E-state index in [0.29, 0.717) is 0 Å². The molecule has 9 aromatic rings. The van der Waals surface area contributed by atoms with Crippen LogP contribution in [0.4, 0.5) is 11.4 Å². The first-order valence-electron chi connectivity index (χ1n) is 17.3. The highest BCUT2D eigenvalue weighted by atomic mass is 32.1. The Morgan fingerprint density at radius 3 is 2.04 bits per heavy atom. The van der Waals surface area contributed by atoms with Gasteiger partial charge in [0, 0.05) is 49.4 Å². The van der Waals surface area contributed by atoms with Crippen molar-refractivity contribution in [2.45, 2.75) is 0 Å². The summed E-state index contributed by atoms with van der Waals surface area (Å²) in [6.07, 6.45) is 6.66. The standard InChI is InChI=1S/C48H32N2S/c1-32-30-36(28-29-49(44-18-10-8-16-39(32)44)37-23-20-34(21-24-37)33-12-4-2-5-13-33)35-22-27-45-43(31-35)41-25-26-42-40-17-9-11-19-46(40)51-48(42)47(41)50(45)38-14-6-3-7-15-38/h2-31H,1H2/b29-28-,36-30+. The van der Waals surface area contributed by atoms with Gasteiger partial charge in [-0.2, -0.15) is 0 Å². The van der Waals surface area contributed by atoms with E-state index in [2.05, 4.69) is 198 Å². The lowest BCUT2D eigenvalue weighted by molar-refractivity contribution is 1.19. The van der Waals surface area contributed by atoms with Gasteiger partial charge in [-0.05, 0) is 88.5 Å². The number of rotatable bonds is 4. The predicted molar refractivity (Wildman–Crippen MR) is 220 cm³/mol. The van der Waals surface area contributed by atoms with Crippen molar-refractivity contribution in [2.24, 2.45) is 0 Å². The number of hydrogen-bond acceptors (Lipinski definition) is 2. The summed E-state index contributed by atoms with van der Waals surface area (Å²) in [4.78, 5) is 2.28. The zero-order valence-corrected chi connectivity index (χ0v) is 28.6. The molecule has 2 aromatic heterocycles. The molecular weight excluding hydrogens is 637 g/mol. The highest BCUT2D eigenvalue weighted by molar-refractivity contribution is 7.26. The van der Waals surface area contributed by atoms with Crippen molar-refractivity contribution in [1.29, 1.82) is 0 Å². The molecule has 0 fully saturated rings. The molecule has 51 heavy (non-hydrogen) atoms. The summed E-state index contributed by atoms with van der Waals surface area (Å²) < 4.78 is 5.08. The van der Waals surface area contributed by atoms with Crippen LogP contribution in [0.1, 0.15) is 11.1 Å². The Kier molecular flexibility index (Phi) is 6.87. The fourth-order valence-corrected chi connectivity index (χ4v) is 8.90. The highest BCUT2D eigenvalue weighted by Crippen LogP contribution is 2.44. The Balaban J connectivity index is 1.14. The molecule has 1 aliphatic heterocycles. The third-order valence-corrected chi connectivity index (χ3v) is 11.3. The summed E-state index contributed by atoms with van der Waals surface area (Å²) in [5, 5.41) is 5.12. The smallest absolute Gasteiger partial charge is 0.0719 e. The van der Waals surface area contributed by atoms with E-state index in [0.717, 1.165) is 33.6 Å². The van der Waals surface area contributed by atoms with E-state index >= 15 is 0 Å². The lowest BCUT2D eigenvalue weighted by atomic mass is 9.95. The second-order valence-electron chi connectivity index (χ2n) is 13.1. The van der Waals surface area contributed by atoms with Gasteiger partial charge in [0.25, 0.3) is 0 Å². The molecule has 0 bridgehead atoms. The normalized spacial score (nSPS) is 14.8. The summed E-state index contributed by atoms with van der Waals surface area (Å²) in [6.45, 7) is 4.59. The van der Waals surface area contributed by atoms with Crippen LogP contribution in [0.15, 0.2) is 189 Å². The molecule has 7 aromatic carbocycles. The molecule has 2 nitrogen and oxygen atoms in total. The van der Waals surface area contributed by atoms with E-state index in [1.807, 2.05) is 11.3 Å². The summed E-state index contributed by atoms with van der Waals surface area (Å²) in [5.41, 5.74) is 12.6. The molecule has 3 heterocycles. The van der Waals surface area contributed by atoms with Crippen molar-refractivity contribution in [1.82, 2.24) is 4.57 Å². The summed E-state index contributed by atoms with van der Waals surface area (Å²) in [5.74, 6) is 0. The van der Waals surface area contributed by atoms with Crippen LogP contribution in [-0.4, -0.2) is 4.57 Å². The van der Waals surface area contributed by atoms with Gasteiger partial charge in [0.1, 0.15) is 0 Å². The van der Waals surface area contributed by atoms with Crippen LogP contribution in [0.25, 0.3) is 69.9 Å². The molecule has 0 unspecified atom stereocenters. The Hall–Kier alpha value is -6.42. The Morgan fingerprint density at radius 2 is 1.20 bits per heavy atom. The zero-order valence-electron chi connectivity index (χ0n) is 27.8. The van der Waals surface area contributed by atoms with Gasteiger partial charge in [0.15, 0.2) is 0 Å². The highest BCUT2D eigenvalue weighted by Gasteiger charge is 2.20. The minimum Gasteiger partial charge on any atom is -0.317 e. The van der Waals surface area contributed by atoms with Crippen LogP contribution in [0.5, 0.6) is 0 Å². The minimum absolute atomic E-state index is 0.981. The van der Waals surface area contributed by atoms with Gasteiger partial charge in [0.2, 0.25) is 0 Å². The fourth-order valence-electron chi connectivity index (χ4n) is 7.66. The average Bonchev–Trinajstić information content (AvgIpc) is 3.73. The molecule has 240 valence electrons. The average molecular weight is 669 g/mol. The lowest BCUT2D eigenvalue weighted by Gasteiger charge is -2.26. The molecule has 1 aliphatic rings. The predicted octanol–water partition coefficient (Wildman–Crippen LogP) is 13.6. The molecule has 0 radical (unpaired) electrons. The summed E-state index contributed by atoms with van der Waals surface area (Å²) in [7, 11) is 0. The van der Waals surface area contributed by atoms with Crippen LogP contribution in [0.3, 0.4) is 0 Å². The first-order valence-corrected chi connectivity index (χ1v) is 18.1. The van der Waals surface area contributed by atoms with Gasteiger partial charge < -0.3 is 9.47 Å². The van der Waals surface area contributed by atoms with E-state index in [1.165, 1.54) is 58.8 Å². The molecule has 0 saturated heterocycles. The van der Waals surface area contributed by atoms with Gasteiger partial charge in [0.05, 0.1) is 21.4 Å². The number of fused-ring (bicyclic) bond motifs is 8. The number of para-hydroxylation sites is 2. The second-order valence-corrected chi connectivity index (χ2v) is 14.1. The second kappa shape index (κ2) is 11.9. The molecule has 0 aliphatic carbocycles. The quantitative estimate of drug-likeness (QED) is 0.181. The van der Waals surface area contributed by atoms with Gasteiger partial charge in [-0.25, -0.2) is 0 Å². The third-order valence-electron chi connectivity index (χ3n) is 10.1. The SMILES string of the molecule is C=C1/C=C(c2ccc3c(c2)c2ccc4c5ccccc5sc4c2n3-c2ccccc2)\C=C/N(c2ccc(-c3ccccc3)cc2)c2ccccc21. The maximum Gasteiger partial charge on any atom is 0.0719 e. The minimum atomic E-state index is 0.981. The van der Waals surface area contributed by atoms with Gasteiger partial charge in [-0.1, -0.05) is 122 Å². The van der Waals surface area contributed by atoms with Crippen LogP contribution in [-0.2, 0) is 0 Å². The number of nitrogens with zero attached hydrogens (tertiary/aromatic N) is 2. The first-order chi connectivity index (χ1) is 25.2. The Bertz CT molecular complexity index is 2850. The molecule has 0 amide bonds. The maximum absolute atomic E-state index is 4.59. The molecule has 0 spiro atoms. The van der Waals surface area contributed by atoms with E-state index in [-0.39, 0.29) is 0 Å². The van der Waals surface area contributed by atoms with Crippen LogP contribution < -0.4 is 4.90 Å². The zero-order chi connectivity index (χ0) is 33.9. The monoisotopic (exact) mass is 668 g/mol. The van der Waals surface area contributed by atoms with Crippen molar-refractivity contribution in [3.63, 3.8) is 0 Å².